The SMILES string of the molecule is O=C(O)c1ccccc1NN1C(=O)C(=Cc2ccc(-c3cccc(C(F)(F)F)c3)o2)SC1=S. The maximum atomic E-state index is 13.0. The summed E-state index contributed by atoms with van der Waals surface area (Å²) in [7, 11) is 0. The van der Waals surface area contributed by atoms with E-state index in [1.54, 1.807) is 12.1 Å². The molecule has 2 heterocycles. The number of carboxylic acid groups (broad SMARTS) is 1. The van der Waals surface area contributed by atoms with Crippen molar-refractivity contribution in [2.75, 3.05) is 5.43 Å². The van der Waals surface area contributed by atoms with E-state index >= 15 is 0 Å². The summed E-state index contributed by atoms with van der Waals surface area (Å²) < 4.78 is 44.7. The van der Waals surface area contributed by atoms with Gasteiger partial charge in [-0.1, -0.05) is 36.0 Å². The molecule has 1 aliphatic heterocycles. The lowest BCUT2D eigenvalue weighted by atomic mass is 10.1. The predicted molar refractivity (Wildman–Crippen MR) is 121 cm³/mol. The van der Waals surface area contributed by atoms with Gasteiger partial charge in [-0.2, -0.15) is 13.2 Å². The number of thioether (sulfide) groups is 1. The molecule has 1 aliphatic rings. The number of benzene rings is 2. The maximum absolute atomic E-state index is 13.0. The van der Waals surface area contributed by atoms with Gasteiger partial charge in [0, 0.05) is 11.6 Å². The second kappa shape index (κ2) is 8.75. The van der Waals surface area contributed by atoms with E-state index in [1.807, 2.05) is 0 Å². The van der Waals surface area contributed by atoms with Crippen LogP contribution in [0.25, 0.3) is 17.4 Å². The van der Waals surface area contributed by atoms with Gasteiger partial charge >= 0.3 is 12.1 Å². The molecule has 1 fully saturated rings. The molecule has 3 aromatic rings. The number of nitrogens with one attached hydrogen (secondary N) is 1. The first-order chi connectivity index (χ1) is 15.6. The number of halogens is 3. The normalized spacial score (nSPS) is 15.4. The van der Waals surface area contributed by atoms with Crippen LogP contribution in [-0.4, -0.2) is 26.3 Å². The molecule has 2 aromatic carbocycles. The van der Waals surface area contributed by atoms with E-state index < -0.39 is 23.6 Å². The number of hydrazine groups is 1. The van der Waals surface area contributed by atoms with Crippen molar-refractivity contribution in [1.82, 2.24) is 5.01 Å². The maximum Gasteiger partial charge on any atom is 0.416 e. The van der Waals surface area contributed by atoms with Crippen molar-refractivity contribution < 1.29 is 32.3 Å². The van der Waals surface area contributed by atoms with E-state index in [1.165, 1.54) is 42.5 Å². The van der Waals surface area contributed by atoms with Gasteiger partial charge in [0.15, 0.2) is 4.32 Å². The zero-order valence-electron chi connectivity index (χ0n) is 16.4. The summed E-state index contributed by atoms with van der Waals surface area (Å²) in [5.74, 6) is -1.25. The number of carbonyl (C=O) groups is 2. The van der Waals surface area contributed by atoms with E-state index in [-0.39, 0.29) is 37.6 Å². The molecule has 0 unspecified atom stereocenters. The Kier molecular flexibility index (Phi) is 6.00. The lowest BCUT2D eigenvalue weighted by Gasteiger charge is -2.18. The number of anilines is 1. The third-order valence-electron chi connectivity index (χ3n) is 4.56. The molecule has 1 amide bonds. The smallest absolute Gasteiger partial charge is 0.416 e. The number of carboxylic acids is 1. The van der Waals surface area contributed by atoms with Crippen LogP contribution in [0.1, 0.15) is 21.7 Å². The minimum absolute atomic E-state index is 0.0349. The fraction of sp³-hybridized carbons (Fsp3) is 0.0455. The molecule has 0 spiro atoms. The van der Waals surface area contributed by atoms with Crippen molar-refractivity contribution in [1.29, 1.82) is 0 Å². The average Bonchev–Trinajstić information content (AvgIpc) is 3.34. The van der Waals surface area contributed by atoms with E-state index in [0.717, 1.165) is 28.9 Å². The first-order valence-corrected chi connectivity index (χ1v) is 10.5. The van der Waals surface area contributed by atoms with Crippen molar-refractivity contribution in [2.24, 2.45) is 0 Å². The van der Waals surface area contributed by atoms with Crippen LogP contribution in [0.15, 0.2) is 70.0 Å². The number of furan rings is 1. The number of aromatic carboxylic acids is 1. The van der Waals surface area contributed by atoms with Crippen LogP contribution in [-0.2, 0) is 11.0 Å². The number of thiocarbonyl (C=S) groups is 1. The van der Waals surface area contributed by atoms with Gasteiger partial charge in [0.25, 0.3) is 5.91 Å². The van der Waals surface area contributed by atoms with Crippen LogP contribution in [0.5, 0.6) is 0 Å². The third kappa shape index (κ3) is 4.78. The van der Waals surface area contributed by atoms with Crippen molar-refractivity contribution in [3.05, 3.63) is 82.5 Å². The van der Waals surface area contributed by atoms with Crippen LogP contribution in [0, 0.1) is 0 Å². The second-order valence-corrected chi connectivity index (χ2v) is 8.44. The zero-order chi connectivity index (χ0) is 23.8. The number of carbonyl (C=O) groups excluding carboxylic acids is 1. The quantitative estimate of drug-likeness (QED) is 0.341. The Bertz CT molecular complexity index is 1300. The van der Waals surface area contributed by atoms with Gasteiger partial charge in [0.1, 0.15) is 11.5 Å². The molecule has 2 N–H and O–H groups in total. The van der Waals surface area contributed by atoms with Crippen LogP contribution >= 0.6 is 24.0 Å². The monoisotopic (exact) mass is 490 g/mol. The summed E-state index contributed by atoms with van der Waals surface area (Å²) >= 11 is 6.20. The molecule has 1 aromatic heterocycles. The molecule has 0 atom stereocenters. The number of hydrogen-bond donors (Lipinski definition) is 2. The van der Waals surface area contributed by atoms with Crippen molar-refractivity contribution in [3.63, 3.8) is 0 Å². The highest BCUT2D eigenvalue weighted by Gasteiger charge is 2.34. The predicted octanol–water partition coefficient (Wildman–Crippen LogP) is 5.89. The third-order valence-corrected chi connectivity index (χ3v) is 5.86. The fourth-order valence-electron chi connectivity index (χ4n) is 3.02. The van der Waals surface area contributed by atoms with Gasteiger partial charge in [-0.3, -0.25) is 10.2 Å². The molecule has 1 saturated heterocycles. The summed E-state index contributed by atoms with van der Waals surface area (Å²) in [6.45, 7) is 0. The fourth-order valence-corrected chi connectivity index (χ4v) is 4.17. The van der Waals surface area contributed by atoms with Gasteiger partial charge in [0.2, 0.25) is 0 Å². The van der Waals surface area contributed by atoms with Gasteiger partial charge in [-0.25, -0.2) is 9.80 Å². The highest BCUT2D eigenvalue weighted by Crippen LogP contribution is 2.35. The molecule has 6 nitrogen and oxygen atoms in total. The van der Waals surface area contributed by atoms with Gasteiger partial charge in [-0.15, -0.1) is 0 Å². The Labute approximate surface area is 194 Å². The van der Waals surface area contributed by atoms with E-state index in [4.69, 9.17) is 16.6 Å². The van der Waals surface area contributed by atoms with Crippen molar-refractivity contribution in [3.8, 4) is 11.3 Å². The van der Waals surface area contributed by atoms with Gasteiger partial charge in [0.05, 0.1) is 21.7 Å². The van der Waals surface area contributed by atoms with E-state index in [9.17, 15) is 27.9 Å². The molecule has 168 valence electrons. The number of rotatable bonds is 5. The molecule has 11 heteroatoms. The van der Waals surface area contributed by atoms with E-state index in [0.29, 0.717) is 0 Å². The van der Waals surface area contributed by atoms with Crippen molar-refractivity contribution in [2.45, 2.75) is 6.18 Å². The largest absolute Gasteiger partial charge is 0.478 e. The minimum atomic E-state index is -4.48. The van der Waals surface area contributed by atoms with Crippen LogP contribution in [0.3, 0.4) is 0 Å². The second-order valence-electron chi connectivity index (χ2n) is 6.76. The molecule has 4 rings (SSSR count). The van der Waals surface area contributed by atoms with Gasteiger partial charge in [-0.05, 0) is 48.6 Å². The average molecular weight is 490 g/mol. The molecule has 0 radical (unpaired) electrons. The highest BCUT2D eigenvalue weighted by atomic mass is 32.2. The van der Waals surface area contributed by atoms with E-state index in [2.05, 4.69) is 5.43 Å². The summed E-state index contributed by atoms with van der Waals surface area (Å²) in [6, 6.07) is 13.8. The molecule has 33 heavy (non-hydrogen) atoms. The number of nitrogens with zero attached hydrogens (tertiary/aromatic N) is 1. The number of para-hydroxylation sites is 1. The molecular weight excluding hydrogens is 477 g/mol. The molecule has 0 bridgehead atoms. The zero-order valence-corrected chi connectivity index (χ0v) is 18.1. The Morgan fingerprint density at radius 2 is 1.88 bits per heavy atom. The topological polar surface area (TPSA) is 82.8 Å². The summed E-state index contributed by atoms with van der Waals surface area (Å²) in [5, 5.41) is 10.4. The highest BCUT2D eigenvalue weighted by molar-refractivity contribution is 8.26. The standard InChI is InChI=1S/C22H13F3N2O4S2/c23-22(24,25)13-5-3-4-12(10-13)17-9-8-14(31-17)11-18-19(28)27(21(32)33-18)26-16-7-2-1-6-15(16)20(29)30/h1-11,26H,(H,29,30). The Balaban J connectivity index is 1.56. The number of amides is 1. The van der Waals surface area contributed by atoms with Crippen molar-refractivity contribution >= 4 is 51.9 Å². The number of hydrogen-bond acceptors (Lipinski definition) is 6. The minimum Gasteiger partial charge on any atom is -0.478 e. The number of alkyl halides is 3. The van der Waals surface area contributed by atoms with Crippen LogP contribution in [0.2, 0.25) is 0 Å². The Morgan fingerprint density at radius 1 is 1.12 bits per heavy atom. The van der Waals surface area contributed by atoms with Crippen LogP contribution < -0.4 is 5.43 Å². The Morgan fingerprint density at radius 3 is 2.61 bits per heavy atom. The molecule has 0 saturated carbocycles. The van der Waals surface area contributed by atoms with Crippen LogP contribution in [0.4, 0.5) is 18.9 Å². The Hall–Kier alpha value is -3.57. The summed E-state index contributed by atoms with van der Waals surface area (Å²) in [5.41, 5.74) is 2.31. The lowest BCUT2D eigenvalue weighted by Crippen LogP contribution is -2.34. The first-order valence-electron chi connectivity index (χ1n) is 9.28. The molecular formula is C22H13F3N2O4S2. The summed E-state index contributed by atoms with van der Waals surface area (Å²) in [4.78, 5) is 24.4. The summed E-state index contributed by atoms with van der Waals surface area (Å²) in [6.07, 6.45) is -3.06. The molecule has 0 aliphatic carbocycles. The first kappa shape index (κ1) is 22.6. The van der Waals surface area contributed by atoms with Gasteiger partial charge < -0.3 is 9.52 Å². The lowest BCUT2D eigenvalue weighted by molar-refractivity contribution is -0.137.